The molecule has 0 fully saturated rings. The van der Waals surface area contributed by atoms with E-state index in [0.717, 1.165) is 5.56 Å². The van der Waals surface area contributed by atoms with Gasteiger partial charge < -0.3 is 4.79 Å². The minimum atomic E-state index is -0.721. The van der Waals surface area contributed by atoms with E-state index in [0.29, 0.717) is 17.7 Å². The minimum absolute atomic E-state index is 0.281. The normalized spacial score (nSPS) is 19.9. The molecule has 0 spiro atoms. The van der Waals surface area contributed by atoms with Crippen LogP contribution in [0.1, 0.15) is 12.5 Å². The fourth-order valence-electron chi connectivity index (χ4n) is 1.61. The number of hydrogen-bond acceptors (Lipinski definition) is 3. The van der Waals surface area contributed by atoms with Crippen molar-refractivity contribution in [1.29, 1.82) is 0 Å². The molecule has 1 amide bonds. The van der Waals surface area contributed by atoms with E-state index in [9.17, 15) is 9.59 Å². The summed E-state index contributed by atoms with van der Waals surface area (Å²) in [6.45, 7) is 3.66. The zero-order chi connectivity index (χ0) is 11.7. The summed E-state index contributed by atoms with van der Waals surface area (Å²) < 4.78 is 0. The Morgan fingerprint density at radius 3 is 2.38 bits per heavy atom. The number of aldehydes is 1. The first-order chi connectivity index (χ1) is 7.63. The lowest BCUT2D eigenvalue weighted by Gasteiger charge is -2.12. The molecule has 2 rings (SSSR count). The van der Waals surface area contributed by atoms with E-state index in [4.69, 9.17) is 0 Å². The zero-order valence-electron chi connectivity index (χ0n) is 9.18. The monoisotopic (exact) mass is 216 g/mol. The highest BCUT2D eigenvalue weighted by Crippen LogP contribution is 2.23. The van der Waals surface area contributed by atoms with Gasteiger partial charge in [0.15, 0.2) is 0 Å². The first-order valence-electron chi connectivity index (χ1n) is 5.04. The van der Waals surface area contributed by atoms with E-state index < -0.39 is 5.92 Å². The molecule has 1 aromatic rings. The molecule has 0 aromatic heterocycles. The van der Waals surface area contributed by atoms with E-state index in [1.165, 1.54) is 5.01 Å². The Morgan fingerprint density at radius 2 is 1.88 bits per heavy atom. The van der Waals surface area contributed by atoms with Crippen molar-refractivity contribution in [2.24, 2.45) is 11.0 Å². The fraction of sp³-hybridized carbons (Fsp3) is 0.250. The van der Waals surface area contributed by atoms with Crippen molar-refractivity contribution in [2.75, 3.05) is 5.01 Å². The first-order valence-corrected chi connectivity index (χ1v) is 5.04. The maximum Gasteiger partial charge on any atom is 0.263 e. The fourth-order valence-corrected chi connectivity index (χ4v) is 1.61. The Balaban J connectivity index is 2.34. The van der Waals surface area contributed by atoms with E-state index in [2.05, 4.69) is 5.10 Å². The number of hydrogen-bond donors (Lipinski definition) is 0. The van der Waals surface area contributed by atoms with Crippen molar-refractivity contribution in [3.63, 3.8) is 0 Å². The van der Waals surface area contributed by atoms with Crippen LogP contribution in [0.5, 0.6) is 0 Å². The van der Waals surface area contributed by atoms with Crippen LogP contribution in [-0.4, -0.2) is 17.9 Å². The minimum Gasteiger partial charge on any atom is -0.302 e. The summed E-state index contributed by atoms with van der Waals surface area (Å²) in [6.07, 6.45) is 0.634. The molecule has 4 heteroatoms. The smallest absolute Gasteiger partial charge is 0.263 e. The molecule has 1 aliphatic heterocycles. The standard InChI is InChI=1S/C12H12N2O2/c1-8-3-5-10(6-4-8)14-12(16)11(7-15)9(2)13-14/h3-7,11H,1-2H3/t11-/m1/s1. The van der Waals surface area contributed by atoms with Crippen LogP contribution < -0.4 is 5.01 Å². The molecule has 1 aromatic carbocycles. The number of rotatable bonds is 2. The predicted molar refractivity (Wildman–Crippen MR) is 61.3 cm³/mol. The number of carbonyl (C=O) groups is 2. The molecule has 0 N–H and O–H groups in total. The summed E-state index contributed by atoms with van der Waals surface area (Å²) >= 11 is 0. The van der Waals surface area contributed by atoms with Crippen LogP contribution in [0.4, 0.5) is 5.69 Å². The number of benzene rings is 1. The third-order valence-electron chi connectivity index (χ3n) is 2.60. The number of nitrogens with zero attached hydrogens (tertiary/aromatic N) is 2. The van der Waals surface area contributed by atoms with Crippen molar-refractivity contribution >= 4 is 23.6 Å². The number of hydrazone groups is 1. The molecular formula is C12H12N2O2. The highest BCUT2D eigenvalue weighted by atomic mass is 16.2. The first kappa shape index (κ1) is 10.5. The SMILES string of the molecule is CC1=NN(c2ccc(C)cc2)C(=O)[C@@H]1C=O. The van der Waals surface area contributed by atoms with Crippen LogP contribution in [0, 0.1) is 12.8 Å². The molecule has 0 saturated carbocycles. The molecule has 1 aliphatic rings. The Bertz CT molecular complexity index is 462. The molecular weight excluding hydrogens is 204 g/mol. The van der Waals surface area contributed by atoms with Gasteiger partial charge >= 0.3 is 0 Å². The van der Waals surface area contributed by atoms with Gasteiger partial charge in [-0.25, -0.2) is 0 Å². The van der Waals surface area contributed by atoms with Crippen molar-refractivity contribution in [3.8, 4) is 0 Å². The van der Waals surface area contributed by atoms with Crippen LogP contribution in [-0.2, 0) is 9.59 Å². The van der Waals surface area contributed by atoms with Gasteiger partial charge in [0.2, 0.25) is 0 Å². The summed E-state index contributed by atoms with van der Waals surface area (Å²) in [6, 6.07) is 7.44. The topological polar surface area (TPSA) is 49.7 Å². The Hall–Kier alpha value is -1.97. The molecule has 16 heavy (non-hydrogen) atoms. The molecule has 1 atom stereocenters. The van der Waals surface area contributed by atoms with Gasteiger partial charge in [0.05, 0.1) is 11.4 Å². The quantitative estimate of drug-likeness (QED) is 0.556. The highest BCUT2D eigenvalue weighted by Gasteiger charge is 2.33. The van der Waals surface area contributed by atoms with Crippen molar-refractivity contribution < 1.29 is 9.59 Å². The van der Waals surface area contributed by atoms with Crippen LogP contribution in [0.15, 0.2) is 29.4 Å². The second-order valence-corrected chi connectivity index (χ2v) is 3.84. The molecule has 0 unspecified atom stereocenters. The summed E-state index contributed by atoms with van der Waals surface area (Å²) in [5.74, 6) is -1.00. The zero-order valence-corrected chi connectivity index (χ0v) is 9.18. The molecule has 4 nitrogen and oxygen atoms in total. The van der Waals surface area contributed by atoms with Gasteiger partial charge in [-0.3, -0.25) is 4.79 Å². The summed E-state index contributed by atoms with van der Waals surface area (Å²) in [5.41, 5.74) is 2.35. The largest absolute Gasteiger partial charge is 0.302 e. The van der Waals surface area contributed by atoms with Crippen molar-refractivity contribution in [2.45, 2.75) is 13.8 Å². The van der Waals surface area contributed by atoms with Crippen LogP contribution >= 0.6 is 0 Å². The Kier molecular flexibility index (Phi) is 2.56. The van der Waals surface area contributed by atoms with Gasteiger partial charge in [-0.15, -0.1) is 0 Å². The average Bonchev–Trinajstić information content (AvgIpc) is 2.55. The average molecular weight is 216 g/mol. The lowest BCUT2D eigenvalue weighted by molar-refractivity contribution is -0.123. The van der Waals surface area contributed by atoms with Gasteiger partial charge in [-0.05, 0) is 26.0 Å². The van der Waals surface area contributed by atoms with Crippen LogP contribution in [0.2, 0.25) is 0 Å². The van der Waals surface area contributed by atoms with Crippen LogP contribution in [0.25, 0.3) is 0 Å². The van der Waals surface area contributed by atoms with E-state index in [1.54, 1.807) is 6.92 Å². The molecule has 0 saturated heterocycles. The van der Waals surface area contributed by atoms with Gasteiger partial charge in [-0.2, -0.15) is 10.1 Å². The number of carbonyl (C=O) groups excluding carboxylic acids is 2. The van der Waals surface area contributed by atoms with Gasteiger partial charge in [0, 0.05) is 0 Å². The van der Waals surface area contributed by atoms with Gasteiger partial charge in [0.1, 0.15) is 12.2 Å². The second kappa shape index (κ2) is 3.89. The van der Waals surface area contributed by atoms with Crippen LogP contribution in [0.3, 0.4) is 0 Å². The lowest BCUT2D eigenvalue weighted by atomic mass is 10.1. The van der Waals surface area contributed by atoms with E-state index >= 15 is 0 Å². The van der Waals surface area contributed by atoms with Gasteiger partial charge in [0.25, 0.3) is 5.91 Å². The summed E-state index contributed by atoms with van der Waals surface area (Å²) in [4.78, 5) is 22.5. The molecule has 0 bridgehead atoms. The molecule has 0 aliphatic carbocycles. The second-order valence-electron chi connectivity index (χ2n) is 3.84. The third-order valence-corrected chi connectivity index (χ3v) is 2.60. The van der Waals surface area contributed by atoms with E-state index in [-0.39, 0.29) is 5.91 Å². The maximum absolute atomic E-state index is 11.8. The summed E-state index contributed by atoms with van der Waals surface area (Å²) in [5, 5.41) is 5.38. The molecule has 0 radical (unpaired) electrons. The maximum atomic E-state index is 11.8. The van der Waals surface area contributed by atoms with Crippen molar-refractivity contribution in [3.05, 3.63) is 29.8 Å². The molecule has 82 valence electrons. The Morgan fingerprint density at radius 1 is 1.25 bits per heavy atom. The predicted octanol–water partition coefficient (Wildman–Crippen LogP) is 1.53. The summed E-state index contributed by atoms with van der Waals surface area (Å²) in [7, 11) is 0. The third kappa shape index (κ3) is 1.62. The number of amides is 1. The number of aryl methyl sites for hydroxylation is 1. The number of anilines is 1. The van der Waals surface area contributed by atoms with E-state index in [1.807, 2.05) is 31.2 Å². The van der Waals surface area contributed by atoms with Gasteiger partial charge in [-0.1, -0.05) is 17.7 Å². The highest BCUT2D eigenvalue weighted by molar-refractivity contribution is 6.22. The molecule has 1 heterocycles. The van der Waals surface area contributed by atoms with Crippen molar-refractivity contribution in [1.82, 2.24) is 0 Å². The lowest BCUT2D eigenvalue weighted by Crippen LogP contribution is -2.27. The Labute approximate surface area is 93.6 Å².